The first-order valence-electron chi connectivity index (χ1n) is 6.68. The summed E-state index contributed by atoms with van der Waals surface area (Å²) in [6.07, 6.45) is 8.40. The highest BCUT2D eigenvalue weighted by Gasteiger charge is 1.83. The molecule has 0 aliphatic carbocycles. The molecule has 0 saturated heterocycles. The van der Waals surface area contributed by atoms with Crippen molar-refractivity contribution in [2.75, 3.05) is 11.9 Å². The Bertz CT molecular complexity index is 295. The standard InChI is InChI=1S/C9H11N.C7H14O/c1-2-8-10-9-6-4-3-5-7-9;1-2-3-4-5-6-7-8/h2-7,10H,1,8H2;7H,2-6H2,1H3. The van der Waals surface area contributed by atoms with E-state index in [-0.39, 0.29) is 0 Å². The van der Waals surface area contributed by atoms with Crippen LogP contribution in [0.15, 0.2) is 43.0 Å². The van der Waals surface area contributed by atoms with Crippen LogP contribution in [0.25, 0.3) is 0 Å². The minimum Gasteiger partial charge on any atom is -0.382 e. The average Bonchev–Trinajstić information content (AvgIpc) is 2.43. The van der Waals surface area contributed by atoms with Crippen LogP contribution in [0.2, 0.25) is 0 Å². The number of rotatable bonds is 8. The lowest BCUT2D eigenvalue weighted by Gasteiger charge is -2.00. The summed E-state index contributed by atoms with van der Waals surface area (Å²) in [4.78, 5) is 9.77. The Kier molecular flexibility index (Phi) is 12.3. The summed E-state index contributed by atoms with van der Waals surface area (Å²) < 4.78 is 0. The van der Waals surface area contributed by atoms with E-state index in [0.29, 0.717) is 0 Å². The number of benzene rings is 1. The maximum absolute atomic E-state index is 9.77. The highest BCUT2D eigenvalue weighted by atomic mass is 16.1. The van der Waals surface area contributed by atoms with Crippen LogP contribution in [-0.2, 0) is 4.79 Å². The van der Waals surface area contributed by atoms with E-state index in [1.54, 1.807) is 0 Å². The van der Waals surface area contributed by atoms with Gasteiger partial charge in [-0.25, -0.2) is 0 Å². The first-order chi connectivity index (χ1) is 8.85. The molecule has 0 spiro atoms. The minimum atomic E-state index is 0.750. The monoisotopic (exact) mass is 247 g/mol. The summed E-state index contributed by atoms with van der Waals surface area (Å²) in [5, 5.41) is 3.18. The van der Waals surface area contributed by atoms with Crippen LogP contribution >= 0.6 is 0 Å². The van der Waals surface area contributed by atoms with E-state index in [0.717, 1.165) is 31.4 Å². The van der Waals surface area contributed by atoms with Crippen molar-refractivity contribution in [3.63, 3.8) is 0 Å². The van der Waals surface area contributed by atoms with Gasteiger partial charge < -0.3 is 10.1 Å². The molecular weight excluding hydrogens is 222 g/mol. The topological polar surface area (TPSA) is 29.1 Å². The minimum absolute atomic E-state index is 0.750. The lowest BCUT2D eigenvalue weighted by molar-refractivity contribution is -0.107. The second-order valence-electron chi connectivity index (χ2n) is 4.05. The fraction of sp³-hybridized carbons (Fsp3) is 0.438. The Morgan fingerprint density at radius 3 is 2.44 bits per heavy atom. The molecule has 0 saturated carbocycles. The van der Waals surface area contributed by atoms with Crippen LogP contribution in [0.1, 0.15) is 39.0 Å². The van der Waals surface area contributed by atoms with Gasteiger partial charge >= 0.3 is 0 Å². The molecule has 2 heteroatoms. The lowest BCUT2D eigenvalue weighted by atomic mass is 10.2. The third-order valence-electron chi connectivity index (χ3n) is 2.40. The summed E-state index contributed by atoms with van der Waals surface area (Å²) in [6.45, 7) is 6.60. The van der Waals surface area contributed by atoms with Gasteiger partial charge in [-0.05, 0) is 18.6 Å². The summed E-state index contributed by atoms with van der Waals surface area (Å²) in [7, 11) is 0. The number of para-hydroxylation sites is 1. The number of unbranched alkanes of at least 4 members (excludes halogenated alkanes) is 4. The molecule has 1 N–H and O–H groups in total. The Morgan fingerprint density at radius 1 is 1.17 bits per heavy atom. The van der Waals surface area contributed by atoms with E-state index in [2.05, 4.69) is 18.8 Å². The van der Waals surface area contributed by atoms with Gasteiger partial charge in [0, 0.05) is 18.7 Å². The molecule has 0 aliphatic rings. The Balaban J connectivity index is 0.000000331. The number of hydrogen-bond donors (Lipinski definition) is 1. The second kappa shape index (κ2) is 13.5. The number of aldehydes is 1. The van der Waals surface area contributed by atoms with Crippen LogP contribution in [0.5, 0.6) is 0 Å². The van der Waals surface area contributed by atoms with Crippen LogP contribution < -0.4 is 5.32 Å². The van der Waals surface area contributed by atoms with Crippen molar-refractivity contribution in [1.29, 1.82) is 0 Å². The molecule has 100 valence electrons. The van der Waals surface area contributed by atoms with E-state index in [9.17, 15) is 4.79 Å². The van der Waals surface area contributed by atoms with Crippen molar-refractivity contribution in [1.82, 2.24) is 0 Å². The highest BCUT2D eigenvalue weighted by molar-refractivity contribution is 5.48. The summed E-state index contributed by atoms with van der Waals surface area (Å²) in [5.41, 5.74) is 1.14. The van der Waals surface area contributed by atoms with Crippen LogP contribution in [-0.4, -0.2) is 12.8 Å². The van der Waals surface area contributed by atoms with Crippen LogP contribution in [0, 0.1) is 0 Å². The van der Waals surface area contributed by atoms with Crippen molar-refractivity contribution in [2.45, 2.75) is 39.0 Å². The highest BCUT2D eigenvalue weighted by Crippen LogP contribution is 2.03. The summed E-state index contributed by atoms with van der Waals surface area (Å²) in [6, 6.07) is 10.1. The summed E-state index contributed by atoms with van der Waals surface area (Å²) in [5.74, 6) is 0. The van der Waals surface area contributed by atoms with Crippen molar-refractivity contribution in [3.8, 4) is 0 Å². The molecule has 0 aromatic heterocycles. The van der Waals surface area contributed by atoms with Gasteiger partial charge in [0.1, 0.15) is 6.29 Å². The molecule has 0 atom stereocenters. The van der Waals surface area contributed by atoms with Gasteiger partial charge in [0.2, 0.25) is 0 Å². The zero-order valence-corrected chi connectivity index (χ0v) is 11.4. The molecule has 1 aromatic rings. The molecule has 0 heterocycles. The maximum atomic E-state index is 9.77. The molecule has 0 unspecified atom stereocenters. The molecule has 0 radical (unpaired) electrons. The number of nitrogens with one attached hydrogen (secondary N) is 1. The predicted molar refractivity (Wildman–Crippen MR) is 80.0 cm³/mol. The van der Waals surface area contributed by atoms with E-state index < -0.39 is 0 Å². The number of hydrogen-bond acceptors (Lipinski definition) is 2. The molecule has 1 aromatic carbocycles. The van der Waals surface area contributed by atoms with Crippen molar-refractivity contribution in [2.24, 2.45) is 0 Å². The molecule has 2 nitrogen and oxygen atoms in total. The van der Waals surface area contributed by atoms with E-state index in [1.165, 1.54) is 19.3 Å². The third kappa shape index (κ3) is 10.9. The normalized spacial score (nSPS) is 8.94. The average molecular weight is 247 g/mol. The number of carbonyl (C=O) groups is 1. The first kappa shape index (κ1) is 16.4. The SMILES string of the molecule is C=CCNc1ccccc1.CCCCCCC=O. The molecule has 0 bridgehead atoms. The zero-order chi connectivity index (χ0) is 13.5. The Hall–Kier alpha value is -1.57. The van der Waals surface area contributed by atoms with Gasteiger partial charge in [-0.2, -0.15) is 0 Å². The fourth-order valence-electron chi connectivity index (χ4n) is 1.40. The van der Waals surface area contributed by atoms with Gasteiger partial charge in [0.15, 0.2) is 0 Å². The maximum Gasteiger partial charge on any atom is 0.119 e. The van der Waals surface area contributed by atoms with Crippen LogP contribution in [0.3, 0.4) is 0 Å². The number of anilines is 1. The smallest absolute Gasteiger partial charge is 0.119 e. The predicted octanol–water partition coefficient (Wildman–Crippen LogP) is 4.44. The Labute approximate surface area is 111 Å². The third-order valence-corrected chi connectivity index (χ3v) is 2.40. The van der Waals surface area contributed by atoms with Crippen molar-refractivity contribution in [3.05, 3.63) is 43.0 Å². The first-order valence-corrected chi connectivity index (χ1v) is 6.68. The van der Waals surface area contributed by atoms with E-state index >= 15 is 0 Å². The van der Waals surface area contributed by atoms with Crippen LogP contribution in [0.4, 0.5) is 5.69 Å². The molecule has 1 rings (SSSR count). The molecule has 0 fully saturated rings. The largest absolute Gasteiger partial charge is 0.382 e. The Morgan fingerprint density at radius 2 is 1.89 bits per heavy atom. The molecular formula is C16H25NO. The van der Waals surface area contributed by atoms with E-state index in [1.807, 2.05) is 36.4 Å². The van der Waals surface area contributed by atoms with Crippen molar-refractivity contribution < 1.29 is 4.79 Å². The molecule has 0 aliphatic heterocycles. The second-order valence-corrected chi connectivity index (χ2v) is 4.05. The quantitative estimate of drug-likeness (QED) is 0.418. The molecule has 18 heavy (non-hydrogen) atoms. The van der Waals surface area contributed by atoms with E-state index in [4.69, 9.17) is 0 Å². The van der Waals surface area contributed by atoms with Gasteiger partial charge in [0.25, 0.3) is 0 Å². The van der Waals surface area contributed by atoms with Gasteiger partial charge in [-0.1, -0.05) is 50.5 Å². The lowest BCUT2D eigenvalue weighted by Crippen LogP contribution is -1.96. The fourth-order valence-corrected chi connectivity index (χ4v) is 1.40. The molecule has 0 amide bonds. The number of carbonyl (C=O) groups excluding carboxylic acids is 1. The van der Waals surface area contributed by atoms with Gasteiger partial charge in [-0.15, -0.1) is 6.58 Å². The summed E-state index contributed by atoms with van der Waals surface area (Å²) >= 11 is 0. The van der Waals surface area contributed by atoms with Gasteiger partial charge in [0.05, 0.1) is 0 Å². The van der Waals surface area contributed by atoms with Gasteiger partial charge in [-0.3, -0.25) is 0 Å². The zero-order valence-electron chi connectivity index (χ0n) is 11.4. The van der Waals surface area contributed by atoms with Crippen molar-refractivity contribution >= 4 is 12.0 Å².